The van der Waals surface area contributed by atoms with E-state index in [2.05, 4.69) is 0 Å². The highest BCUT2D eigenvalue weighted by molar-refractivity contribution is 7.89. The summed E-state index contributed by atoms with van der Waals surface area (Å²) >= 11 is 5.70. The summed E-state index contributed by atoms with van der Waals surface area (Å²) in [6.07, 6.45) is -0.679. The molecule has 0 radical (unpaired) electrons. The van der Waals surface area contributed by atoms with Gasteiger partial charge in [-0.2, -0.15) is 4.31 Å². The zero-order valence-electron chi connectivity index (χ0n) is 15.2. The van der Waals surface area contributed by atoms with Crippen LogP contribution in [-0.2, 0) is 14.8 Å². The van der Waals surface area contributed by atoms with Crippen molar-refractivity contribution in [1.82, 2.24) is 9.21 Å². The van der Waals surface area contributed by atoms with Crippen molar-refractivity contribution in [3.63, 3.8) is 0 Å². The van der Waals surface area contributed by atoms with Crippen LogP contribution >= 0.6 is 11.6 Å². The van der Waals surface area contributed by atoms with Crippen molar-refractivity contribution in [1.29, 1.82) is 0 Å². The maximum atomic E-state index is 13.3. The second-order valence-corrected chi connectivity index (χ2v) is 8.72. The summed E-state index contributed by atoms with van der Waals surface area (Å²) in [6, 6.07) is 12.3. The molecule has 0 bridgehead atoms. The molecule has 0 saturated carbocycles. The van der Waals surface area contributed by atoms with Gasteiger partial charge in [0.05, 0.1) is 9.92 Å². The number of hydrogen-bond donors (Lipinski definition) is 0. The van der Waals surface area contributed by atoms with Crippen molar-refractivity contribution in [3.05, 3.63) is 59.4 Å². The van der Waals surface area contributed by atoms with E-state index in [0.29, 0.717) is 5.75 Å². The van der Waals surface area contributed by atoms with Crippen LogP contribution in [0.4, 0.5) is 4.39 Å². The summed E-state index contributed by atoms with van der Waals surface area (Å²) in [5.74, 6) is -0.285. The molecule has 0 N–H and O–H groups in total. The SMILES string of the molecule is C[C@H](Oc1ccccc1)C(=O)N1CCN(S(=O)(=O)c2ccc(F)c(Cl)c2)CC1. The lowest BCUT2D eigenvalue weighted by Gasteiger charge is -2.35. The molecule has 0 unspecified atom stereocenters. The summed E-state index contributed by atoms with van der Waals surface area (Å²) < 4.78 is 45.7. The van der Waals surface area contributed by atoms with E-state index in [-0.39, 0.29) is 42.0 Å². The maximum Gasteiger partial charge on any atom is 0.263 e. The summed E-state index contributed by atoms with van der Waals surface area (Å²) in [5.41, 5.74) is 0. The van der Waals surface area contributed by atoms with E-state index in [1.54, 1.807) is 24.0 Å². The Bertz CT molecular complexity index is 948. The molecule has 1 atom stereocenters. The van der Waals surface area contributed by atoms with Gasteiger partial charge in [0.1, 0.15) is 11.6 Å². The van der Waals surface area contributed by atoms with Gasteiger partial charge in [-0.3, -0.25) is 4.79 Å². The molecule has 1 aliphatic rings. The Morgan fingerprint density at radius 2 is 1.75 bits per heavy atom. The molecule has 0 aromatic heterocycles. The molecular formula is C19H20ClFN2O4S. The predicted molar refractivity (Wildman–Crippen MR) is 103 cm³/mol. The number of nitrogens with zero attached hydrogens (tertiary/aromatic N) is 2. The third-order valence-corrected chi connectivity index (χ3v) is 6.67. The fourth-order valence-electron chi connectivity index (χ4n) is 2.95. The monoisotopic (exact) mass is 426 g/mol. The summed E-state index contributed by atoms with van der Waals surface area (Å²) in [7, 11) is -3.81. The summed E-state index contributed by atoms with van der Waals surface area (Å²) in [6.45, 7) is 2.44. The van der Waals surface area contributed by atoms with Crippen LogP contribution in [-0.4, -0.2) is 55.8 Å². The average Bonchev–Trinajstić information content (AvgIpc) is 2.70. The first kappa shape index (κ1) is 20.6. The van der Waals surface area contributed by atoms with E-state index in [1.807, 2.05) is 18.2 Å². The lowest BCUT2D eigenvalue weighted by molar-refractivity contribution is -0.139. The molecule has 1 amide bonds. The highest BCUT2D eigenvalue weighted by Crippen LogP contribution is 2.23. The normalized spacial score (nSPS) is 16.6. The van der Waals surface area contributed by atoms with Gasteiger partial charge >= 0.3 is 0 Å². The Balaban J connectivity index is 1.61. The number of amides is 1. The van der Waals surface area contributed by atoms with Crippen LogP contribution in [0, 0.1) is 5.82 Å². The highest BCUT2D eigenvalue weighted by Gasteiger charge is 2.32. The van der Waals surface area contributed by atoms with E-state index in [9.17, 15) is 17.6 Å². The second-order valence-electron chi connectivity index (χ2n) is 6.38. The Hall–Kier alpha value is -2.16. The van der Waals surface area contributed by atoms with Crippen molar-refractivity contribution in [2.75, 3.05) is 26.2 Å². The van der Waals surface area contributed by atoms with E-state index >= 15 is 0 Å². The van der Waals surface area contributed by atoms with E-state index in [1.165, 1.54) is 10.4 Å². The van der Waals surface area contributed by atoms with Gasteiger partial charge in [-0.05, 0) is 37.3 Å². The van der Waals surface area contributed by atoms with Crippen LogP contribution in [0.25, 0.3) is 0 Å². The van der Waals surface area contributed by atoms with Crippen molar-refractivity contribution in [2.45, 2.75) is 17.9 Å². The highest BCUT2D eigenvalue weighted by atomic mass is 35.5. The van der Waals surface area contributed by atoms with E-state index in [0.717, 1.165) is 12.1 Å². The lowest BCUT2D eigenvalue weighted by atomic mass is 10.3. The van der Waals surface area contributed by atoms with Gasteiger partial charge < -0.3 is 9.64 Å². The topological polar surface area (TPSA) is 66.9 Å². The van der Waals surface area contributed by atoms with Gasteiger partial charge in [0.15, 0.2) is 6.10 Å². The van der Waals surface area contributed by atoms with E-state index < -0.39 is 21.9 Å². The third-order valence-electron chi connectivity index (χ3n) is 4.48. The van der Waals surface area contributed by atoms with Gasteiger partial charge in [-0.25, -0.2) is 12.8 Å². The molecule has 0 aliphatic carbocycles. The quantitative estimate of drug-likeness (QED) is 0.737. The molecule has 2 aromatic carbocycles. The summed E-state index contributed by atoms with van der Waals surface area (Å²) in [4.78, 5) is 14.1. The van der Waals surface area contributed by atoms with Crippen molar-refractivity contribution >= 4 is 27.5 Å². The molecule has 6 nitrogen and oxygen atoms in total. The van der Waals surface area contributed by atoms with Gasteiger partial charge in [0.25, 0.3) is 5.91 Å². The number of para-hydroxylation sites is 1. The molecule has 1 heterocycles. The average molecular weight is 427 g/mol. The molecular weight excluding hydrogens is 407 g/mol. The predicted octanol–water partition coefficient (Wildman–Crippen LogP) is 2.78. The molecule has 3 rings (SSSR count). The lowest BCUT2D eigenvalue weighted by Crippen LogP contribution is -2.53. The van der Waals surface area contributed by atoms with Crippen LogP contribution in [0.3, 0.4) is 0 Å². The van der Waals surface area contributed by atoms with Crippen LogP contribution < -0.4 is 4.74 Å². The van der Waals surface area contributed by atoms with Crippen LogP contribution in [0.1, 0.15) is 6.92 Å². The molecule has 2 aromatic rings. The standard InChI is InChI=1S/C19H20ClFN2O4S/c1-14(27-15-5-3-2-4-6-15)19(24)22-9-11-23(12-10-22)28(25,26)16-7-8-18(21)17(20)13-16/h2-8,13-14H,9-12H2,1H3/t14-/m0/s1. The first-order valence-corrected chi connectivity index (χ1v) is 10.6. The molecule has 1 aliphatic heterocycles. The molecule has 1 fully saturated rings. The number of ether oxygens (including phenoxy) is 1. The number of carbonyl (C=O) groups is 1. The van der Waals surface area contributed by atoms with Crippen molar-refractivity contribution < 1.29 is 22.3 Å². The second kappa shape index (κ2) is 8.46. The Labute approximate surface area is 168 Å². The molecule has 1 saturated heterocycles. The van der Waals surface area contributed by atoms with Gasteiger partial charge in [0.2, 0.25) is 10.0 Å². The number of halogens is 2. The minimum Gasteiger partial charge on any atom is -0.481 e. The molecule has 28 heavy (non-hydrogen) atoms. The van der Waals surface area contributed by atoms with Gasteiger partial charge in [-0.15, -0.1) is 0 Å². The van der Waals surface area contributed by atoms with Crippen LogP contribution in [0.2, 0.25) is 5.02 Å². The number of hydrogen-bond acceptors (Lipinski definition) is 4. The van der Waals surface area contributed by atoms with E-state index in [4.69, 9.17) is 16.3 Å². The number of sulfonamides is 1. The van der Waals surface area contributed by atoms with Gasteiger partial charge in [0, 0.05) is 26.2 Å². The Morgan fingerprint density at radius 3 is 2.36 bits per heavy atom. The van der Waals surface area contributed by atoms with Gasteiger partial charge in [-0.1, -0.05) is 29.8 Å². The molecule has 0 spiro atoms. The van der Waals surface area contributed by atoms with Crippen LogP contribution in [0.5, 0.6) is 5.75 Å². The zero-order valence-corrected chi connectivity index (χ0v) is 16.8. The number of benzene rings is 2. The Kier molecular flexibility index (Phi) is 6.22. The fraction of sp³-hybridized carbons (Fsp3) is 0.316. The first-order valence-electron chi connectivity index (χ1n) is 8.75. The van der Waals surface area contributed by atoms with Crippen LogP contribution in [0.15, 0.2) is 53.4 Å². The zero-order chi connectivity index (χ0) is 20.3. The molecule has 150 valence electrons. The molecule has 9 heteroatoms. The summed E-state index contributed by atoms with van der Waals surface area (Å²) in [5, 5.41) is -0.248. The number of piperazine rings is 1. The number of rotatable bonds is 5. The third kappa shape index (κ3) is 4.45. The first-order chi connectivity index (χ1) is 13.3. The Morgan fingerprint density at radius 1 is 1.11 bits per heavy atom. The number of carbonyl (C=O) groups excluding carboxylic acids is 1. The van der Waals surface area contributed by atoms with Crippen molar-refractivity contribution in [3.8, 4) is 5.75 Å². The maximum absolute atomic E-state index is 13.3. The largest absolute Gasteiger partial charge is 0.481 e. The van der Waals surface area contributed by atoms with Crippen molar-refractivity contribution in [2.24, 2.45) is 0 Å². The smallest absolute Gasteiger partial charge is 0.263 e. The fourth-order valence-corrected chi connectivity index (χ4v) is 4.64. The minimum atomic E-state index is -3.81. The minimum absolute atomic E-state index is 0.0699.